The lowest BCUT2D eigenvalue weighted by molar-refractivity contribution is -0.143. The van der Waals surface area contributed by atoms with Crippen LogP contribution in [0.5, 0.6) is 0 Å². The topological polar surface area (TPSA) is 48.5 Å². The van der Waals surface area contributed by atoms with E-state index in [9.17, 15) is 31.1 Å². The van der Waals surface area contributed by atoms with Crippen LogP contribution in [0.25, 0.3) is 0 Å². The van der Waals surface area contributed by atoms with E-state index in [0.29, 0.717) is 36.8 Å². The first-order valence-corrected chi connectivity index (χ1v) is 11.0. The number of Topliss-reactive ketones (excluding diaryl/α,β-unsaturated/α-hetero) is 1. The van der Waals surface area contributed by atoms with E-state index in [2.05, 4.69) is 15.2 Å². The van der Waals surface area contributed by atoms with Crippen molar-refractivity contribution in [3.63, 3.8) is 0 Å². The maximum atomic E-state index is 13.3. The third kappa shape index (κ3) is 5.52. The van der Waals surface area contributed by atoms with Crippen molar-refractivity contribution in [1.29, 1.82) is 0 Å². The number of hydrogen-bond acceptors (Lipinski definition) is 5. The molecule has 2 aromatic rings. The molecule has 2 aliphatic rings. The molecule has 5 nitrogen and oxygen atoms in total. The number of benzene rings is 1. The summed E-state index contributed by atoms with van der Waals surface area (Å²) < 4.78 is 78.9. The third-order valence-electron chi connectivity index (χ3n) is 6.34. The Morgan fingerprint density at radius 1 is 1.06 bits per heavy atom. The highest BCUT2D eigenvalue weighted by Gasteiger charge is 2.38. The van der Waals surface area contributed by atoms with Crippen LogP contribution in [0, 0.1) is 0 Å². The number of carbonyl (C=O) groups is 1. The molecule has 0 radical (unpaired) electrons. The average molecular weight is 486 g/mol. The van der Waals surface area contributed by atoms with Crippen LogP contribution in [0.4, 0.5) is 32.0 Å². The number of nitrogens with zero attached hydrogens (tertiary/aromatic N) is 3. The Bertz CT molecular complexity index is 979. The maximum Gasteiger partial charge on any atom is 0.416 e. The lowest BCUT2D eigenvalue weighted by atomic mass is 9.99. The Morgan fingerprint density at radius 2 is 1.76 bits per heavy atom. The number of aromatic nitrogens is 1. The highest BCUT2D eigenvalue weighted by atomic mass is 19.4. The molecule has 0 amide bonds. The molecule has 0 aliphatic carbocycles. The second-order valence-corrected chi connectivity index (χ2v) is 8.63. The number of hydrogen-bond donors (Lipinski definition) is 1. The van der Waals surface area contributed by atoms with Gasteiger partial charge in [0.25, 0.3) is 0 Å². The molecule has 1 aromatic carbocycles. The molecule has 0 saturated carbocycles. The predicted octanol–water partition coefficient (Wildman–Crippen LogP) is 4.62. The summed E-state index contributed by atoms with van der Waals surface area (Å²) in [5.41, 5.74) is -2.64. The normalized spacial score (nSPS) is 20.7. The summed E-state index contributed by atoms with van der Waals surface area (Å²) in [7, 11) is 0. The molecule has 4 rings (SSSR count). The summed E-state index contributed by atoms with van der Waals surface area (Å²) in [6, 6.07) is 4.30. The van der Waals surface area contributed by atoms with Gasteiger partial charge in [-0.15, -0.1) is 0 Å². The molecule has 0 unspecified atom stereocenters. The van der Waals surface area contributed by atoms with Crippen LogP contribution in [0.3, 0.4) is 0 Å². The van der Waals surface area contributed by atoms with Crippen molar-refractivity contribution in [3.8, 4) is 0 Å². The van der Waals surface area contributed by atoms with Gasteiger partial charge < -0.3 is 5.32 Å². The number of alkyl halides is 6. The number of rotatable bonds is 6. The molecular formula is C23H24F6N4O. The molecule has 2 saturated heterocycles. The van der Waals surface area contributed by atoms with Gasteiger partial charge in [0.05, 0.1) is 23.7 Å². The highest BCUT2D eigenvalue weighted by Crippen LogP contribution is 2.37. The van der Waals surface area contributed by atoms with Gasteiger partial charge in [0.15, 0.2) is 5.78 Å². The van der Waals surface area contributed by atoms with Gasteiger partial charge in [-0.1, -0.05) is 6.07 Å². The van der Waals surface area contributed by atoms with E-state index in [-0.39, 0.29) is 11.8 Å². The van der Waals surface area contributed by atoms with Gasteiger partial charge in [0.2, 0.25) is 0 Å². The lowest BCUT2D eigenvalue weighted by Crippen LogP contribution is -2.52. The van der Waals surface area contributed by atoms with Crippen LogP contribution in [0.1, 0.15) is 35.6 Å². The molecule has 0 bridgehead atoms. The predicted molar refractivity (Wildman–Crippen MR) is 113 cm³/mol. The van der Waals surface area contributed by atoms with Crippen molar-refractivity contribution in [2.45, 2.75) is 37.3 Å². The molecule has 11 heteroatoms. The SMILES string of the molecule is O=C(CNc1cc(C(F)(F)F)cc(C(F)(F)F)c1)[C@H](c1cccnc1)N1CCN2CCC[C@@H]2C1. The molecule has 1 N–H and O–H groups in total. The minimum Gasteiger partial charge on any atom is -0.378 e. The van der Waals surface area contributed by atoms with Crippen molar-refractivity contribution >= 4 is 11.5 Å². The zero-order valence-electron chi connectivity index (χ0n) is 18.2. The van der Waals surface area contributed by atoms with Crippen molar-refractivity contribution in [3.05, 3.63) is 59.4 Å². The first-order valence-electron chi connectivity index (χ1n) is 11.0. The number of ketones is 1. The molecule has 2 fully saturated rings. The molecule has 1 aromatic heterocycles. The Balaban J connectivity index is 1.55. The van der Waals surface area contributed by atoms with E-state index < -0.39 is 41.8 Å². The van der Waals surface area contributed by atoms with Crippen LogP contribution in [0.2, 0.25) is 0 Å². The summed E-state index contributed by atoms with van der Waals surface area (Å²) in [6.07, 6.45) is -4.67. The molecule has 34 heavy (non-hydrogen) atoms. The monoisotopic (exact) mass is 486 g/mol. The summed E-state index contributed by atoms with van der Waals surface area (Å²) in [4.78, 5) is 21.8. The second kappa shape index (κ2) is 9.53. The number of carbonyl (C=O) groups excluding carboxylic acids is 1. The summed E-state index contributed by atoms with van der Waals surface area (Å²) in [5.74, 6) is -0.356. The number of nitrogens with one attached hydrogen (secondary N) is 1. The van der Waals surface area contributed by atoms with Gasteiger partial charge in [-0.05, 0) is 49.2 Å². The van der Waals surface area contributed by atoms with Crippen molar-refractivity contribution in [2.24, 2.45) is 0 Å². The molecular weight excluding hydrogens is 462 g/mol. The van der Waals surface area contributed by atoms with E-state index in [1.807, 2.05) is 4.90 Å². The Labute approximate surface area is 192 Å². The van der Waals surface area contributed by atoms with Crippen LogP contribution in [0.15, 0.2) is 42.7 Å². The van der Waals surface area contributed by atoms with Gasteiger partial charge in [-0.25, -0.2) is 0 Å². The molecule has 3 heterocycles. The van der Waals surface area contributed by atoms with Gasteiger partial charge in [0, 0.05) is 43.8 Å². The maximum absolute atomic E-state index is 13.3. The number of halogens is 6. The second-order valence-electron chi connectivity index (χ2n) is 8.63. The van der Waals surface area contributed by atoms with Crippen molar-refractivity contribution in [1.82, 2.24) is 14.8 Å². The number of pyridine rings is 1. The number of fused-ring (bicyclic) bond motifs is 1. The number of anilines is 1. The Morgan fingerprint density at radius 3 is 2.38 bits per heavy atom. The fraction of sp³-hybridized carbons (Fsp3) is 0.478. The van der Waals surface area contributed by atoms with Gasteiger partial charge in [-0.3, -0.25) is 19.6 Å². The quantitative estimate of drug-likeness (QED) is 0.604. The number of piperazine rings is 1. The van der Waals surface area contributed by atoms with Crippen LogP contribution >= 0.6 is 0 Å². The largest absolute Gasteiger partial charge is 0.416 e. The lowest BCUT2D eigenvalue weighted by Gasteiger charge is -2.41. The van der Waals surface area contributed by atoms with Crippen LogP contribution in [-0.2, 0) is 17.1 Å². The standard InChI is InChI=1S/C23H24F6N4O/c24-22(25,26)16-9-17(23(27,28)29)11-18(10-16)31-13-20(34)21(15-3-1-5-30-12-15)33-8-7-32-6-2-4-19(32)14-33/h1,3,5,9-12,19,21,31H,2,4,6-8,13-14H2/t19-,21+/m1/s1. The van der Waals surface area contributed by atoms with E-state index in [4.69, 9.17) is 0 Å². The zero-order valence-corrected chi connectivity index (χ0v) is 18.2. The summed E-state index contributed by atoms with van der Waals surface area (Å²) in [5, 5.41) is 2.50. The fourth-order valence-corrected chi connectivity index (χ4v) is 4.73. The van der Waals surface area contributed by atoms with Gasteiger partial charge in [0.1, 0.15) is 0 Å². The van der Waals surface area contributed by atoms with E-state index in [1.165, 1.54) is 0 Å². The highest BCUT2D eigenvalue weighted by molar-refractivity contribution is 5.89. The van der Waals surface area contributed by atoms with Gasteiger partial charge in [-0.2, -0.15) is 26.3 Å². The van der Waals surface area contributed by atoms with E-state index >= 15 is 0 Å². The fourth-order valence-electron chi connectivity index (χ4n) is 4.73. The van der Waals surface area contributed by atoms with Crippen molar-refractivity contribution < 1.29 is 31.1 Å². The molecule has 2 aliphatic heterocycles. The summed E-state index contributed by atoms with van der Waals surface area (Å²) in [6.45, 7) is 2.67. The Hall–Kier alpha value is -2.66. The smallest absolute Gasteiger partial charge is 0.378 e. The molecule has 2 atom stereocenters. The zero-order chi connectivity index (χ0) is 24.5. The minimum atomic E-state index is -4.96. The van der Waals surface area contributed by atoms with E-state index in [1.54, 1.807) is 24.5 Å². The Kier molecular flexibility index (Phi) is 6.86. The van der Waals surface area contributed by atoms with Crippen LogP contribution < -0.4 is 5.32 Å². The minimum absolute atomic E-state index is 0.0620. The molecule has 184 valence electrons. The molecule has 0 spiro atoms. The van der Waals surface area contributed by atoms with Crippen molar-refractivity contribution in [2.75, 3.05) is 38.0 Å². The van der Waals surface area contributed by atoms with Gasteiger partial charge >= 0.3 is 12.4 Å². The van der Waals surface area contributed by atoms with Crippen LogP contribution in [-0.4, -0.2) is 59.3 Å². The third-order valence-corrected chi connectivity index (χ3v) is 6.34. The average Bonchev–Trinajstić information content (AvgIpc) is 3.25. The first-order chi connectivity index (χ1) is 16.0. The van der Waals surface area contributed by atoms with E-state index in [0.717, 1.165) is 25.9 Å². The first kappa shape index (κ1) is 24.5. The summed E-state index contributed by atoms with van der Waals surface area (Å²) >= 11 is 0.